The Kier molecular flexibility index (Phi) is 4.75. The molecular formula is C18H14Cl2O2Te. The number of benzene rings is 3. The quantitative estimate of drug-likeness (QED) is 0.584. The molecule has 0 bridgehead atoms. The molecule has 0 aromatic heterocycles. The second-order valence-electron chi connectivity index (χ2n) is 5.01. The molecule has 0 spiro atoms. The van der Waals surface area contributed by atoms with Gasteiger partial charge < -0.3 is 0 Å². The van der Waals surface area contributed by atoms with Crippen LogP contribution in [0.15, 0.2) is 72.8 Å². The predicted octanol–water partition coefficient (Wildman–Crippen LogP) is 3.80. The molecule has 118 valence electrons. The van der Waals surface area contributed by atoms with E-state index in [2.05, 4.69) is 0 Å². The average molecular weight is 461 g/mol. The molecule has 0 aliphatic rings. The molecule has 0 radical (unpaired) electrons. The van der Waals surface area contributed by atoms with Gasteiger partial charge in [0.25, 0.3) is 0 Å². The van der Waals surface area contributed by atoms with E-state index in [4.69, 9.17) is 17.9 Å². The zero-order valence-corrected chi connectivity index (χ0v) is 15.8. The van der Waals surface area contributed by atoms with Crippen molar-refractivity contribution in [1.29, 1.82) is 0 Å². The van der Waals surface area contributed by atoms with Gasteiger partial charge in [0.1, 0.15) is 0 Å². The Morgan fingerprint density at radius 1 is 0.696 bits per heavy atom. The van der Waals surface area contributed by atoms with Crippen molar-refractivity contribution in [3.05, 3.63) is 72.8 Å². The van der Waals surface area contributed by atoms with Gasteiger partial charge in [0.05, 0.1) is 0 Å². The molecule has 0 aliphatic heterocycles. The van der Waals surface area contributed by atoms with Crippen LogP contribution in [0, 0.1) is 0 Å². The van der Waals surface area contributed by atoms with E-state index in [-0.39, 0.29) is 11.5 Å². The van der Waals surface area contributed by atoms with Crippen LogP contribution in [0.4, 0.5) is 0 Å². The second kappa shape index (κ2) is 6.63. The topological polar surface area (TPSA) is 40.5 Å². The fraction of sp³-hybridized carbons (Fsp3) is 0. The summed E-state index contributed by atoms with van der Waals surface area (Å²) < 4.78 is 1.66. The number of hydrogen-bond acceptors (Lipinski definition) is 2. The van der Waals surface area contributed by atoms with Crippen molar-refractivity contribution in [1.82, 2.24) is 0 Å². The Morgan fingerprint density at radius 3 is 1.96 bits per heavy atom. The normalized spacial score (nSPS) is 12.1. The summed E-state index contributed by atoms with van der Waals surface area (Å²) >= 11 is -3.55. The molecule has 0 unspecified atom stereocenters. The van der Waals surface area contributed by atoms with Crippen LogP contribution in [-0.2, 0) is 0 Å². The average Bonchev–Trinajstić information content (AvgIpc) is 2.56. The molecule has 0 amide bonds. The first-order chi connectivity index (χ1) is 11.0. The molecule has 3 aromatic carbocycles. The summed E-state index contributed by atoms with van der Waals surface area (Å²) in [4.78, 5) is 0. The van der Waals surface area contributed by atoms with Gasteiger partial charge in [-0.05, 0) is 0 Å². The Morgan fingerprint density at radius 2 is 1.30 bits per heavy atom. The first kappa shape index (κ1) is 16.5. The molecule has 3 aromatic rings. The van der Waals surface area contributed by atoms with Gasteiger partial charge in [-0.15, -0.1) is 0 Å². The molecule has 3 rings (SSSR count). The van der Waals surface area contributed by atoms with Crippen LogP contribution in [0.1, 0.15) is 0 Å². The Bertz CT molecular complexity index is 818. The fourth-order valence-corrected chi connectivity index (χ4v) is 8.53. The second-order valence-corrected chi connectivity index (χ2v) is 17.6. The third-order valence-corrected chi connectivity index (χ3v) is 13.1. The van der Waals surface area contributed by atoms with Gasteiger partial charge in [0.2, 0.25) is 0 Å². The number of rotatable bonds is 3. The zero-order valence-electron chi connectivity index (χ0n) is 12.0. The number of phenolic OH excluding ortho intramolecular Hbond substituents is 2. The Balaban J connectivity index is 2.08. The van der Waals surface area contributed by atoms with Gasteiger partial charge in [-0.25, -0.2) is 0 Å². The summed E-state index contributed by atoms with van der Waals surface area (Å²) in [6, 6.07) is 21.5. The van der Waals surface area contributed by atoms with Crippen molar-refractivity contribution in [3.63, 3.8) is 0 Å². The van der Waals surface area contributed by atoms with Gasteiger partial charge in [-0.1, -0.05) is 0 Å². The van der Waals surface area contributed by atoms with Crippen LogP contribution in [0.2, 0.25) is 0 Å². The summed E-state index contributed by atoms with van der Waals surface area (Å²) in [5.74, 6) is 0.369. The van der Waals surface area contributed by atoms with Gasteiger partial charge in [-0.2, -0.15) is 0 Å². The molecule has 0 heterocycles. The van der Waals surface area contributed by atoms with Crippen molar-refractivity contribution in [2.45, 2.75) is 0 Å². The Hall–Kier alpha value is -1.37. The summed E-state index contributed by atoms with van der Waals surface area (Å²) in [6.07, 6.45) is 0. The van der Waals surface area contributed by atoms with Crippen LogP contribution in [0.3, 0.4) is 0 Å². The first-order valence-electron chi connectivity index (χ1n) is 6.88. The van der Waals surface area contributed by atoms with E-state index >= 15 is 0 Å². The predicted molar refractivity (Wildman–Crippen MR) is 98.4 cm³/mol. The van der Waals surface area contributed by atoms with E-state index in [1.54, 1.807) is 36.4 Å². The van der Waals surface area contributed by atoms with Crippen molar-refractivity contribution < 1.29 is 10.2 Å². The van der Waals surface area contributed by atoms with Crippen LogP contribution < -0.4 is 7.22 Å². The number of phenols is 2. The summed E-state index contributed by atoms with van der Waals surface area (Å²) in [7, 11) is 13.5. The number of hydrogen-bond donors (Lipinski definition) is 2. The molecule has 0 saturated carbocycles. The molecule has 2 N–H and O–H groups in total. The van der Waals surface area contributed by atoms with E-state index in [9.17, 15) is 10.2 Å². The molecular weight excluding hydrogens is 447 g/mol. The van der Waals surface area contributed by atoms with Gasteiger partial charge in [0.15, 0.2) is 0 Å². The third kappa shape index (κ3) is 3.44. The molecule has 5 heteroatoms. The standard InChI is InChI=1S/C18H14Cl2O2Te/c19-23(20,15-8-6-14(21)7-9-15)16-10-11-18(22)17(12-16)13-4-2-1-3-5-13/h1-12,21-22H. The summed E-state index contributed by atoms with van der Waals surface area (Å²) in [6.45, 7) is 0. The van der Waals surface area contributed by atoms with Crippen molar-refractivity contribution in [3.8, 4) is 22.6 Å². The van der Waals surface area contributed by atoms with Gasteiger partial charge >= 0.3 is 147 Å². The van der Waals surface area contributed by atoms with E-state index in [0.29, 0.717) is 5.56 Å². The monoisotopic (exact) mass is 462 g/mol. The minimum absolute atomic E-state index is 0.177. The summed E-state index contributed by atoms with van der Waals surface area (Å²) in [5.41, 5.74) is 1.61. The van der Waals surface area contributed by atoms with Crippen LogP contribution >= 0.6 is 17.9 Å². The number of halogens is 2. The van der Waals surface area contributed by atoms with E-state index in [0.717, 1.165) is 12.8 Å². The number of aromatic hydroxyl groups is 2. The molecule has 0 saturated heterocycles. The van der Waals surface area contributed by atoms with E-state index in [1.165, 1.54) is 0 Å². The molecule has 2 nitrogen and oxygen atoms in total. The summed E-state index contributed by atoms with van der Waals surface area (Å²) in [5, 5.41) is 19.6. The fourth-order valence-electron chi connectivity index (χ4n) is 2.28. The van der Waals surface area contributed by atoms with E-state index < -0.39 is 15.9 Å². The molecule has 0 aliphatic carbocycles. The maximum atomic E-state index is 10.2. The van der Waals surface area contributed by atoms with Crippen LogP contribution in [-0.4, -0.2) is 26.2 Å². The van der Waals surface area contributed by atoms with Crippen molar-refractivity contribution >= 4 is 41.1 Å². The van der Waals surface area contributed by atoms with Gasteiger partial charge in [0, 0.05) is 0 Å². The maximum absolute atomic E-state index is 10.2. The first-order valence-corrected chi connectivity index (χ1v) is 15.1. The SMILES string of the molecule is Oc1ccc([Te](Cl)(Cl)c2ccc(O)c(-c3ccccc3)c2)cc1. The third-order valence-electron chi connectivity index (χ3n) is 3.48. The van der Waals surface area contributed by atoms with Crippen molar-refractivity contribution in [2.24, 2.45) is 0 Å². The zero-order chi connectivity index (χ0) is 16.4. The molecule has 23 heavy (non-hydrogen) atoms. The van der Waals surface area contributed by atoms with Crippen molar-refractivity contribution in [2.75, 3.05) is 0 Å². The Labute approximate surface area is 146 Å². The van der Waals surface area contributed by atoms with Crippen LogP contribution in [0.25, 0.3) is 11.1 Å². The van der Waals surface area contributed by atoms with Crippen LogP contribution in [0.5, 0.6) is 11.5 Å². The molecule has 0 atom stereocenters. The molecule has 0 fully saturated rings. The van der Waals surface area contributed by atoms with E-state index in [1.807, 2.05) is 36.4 Å². The minimum atomic E-state index is -3.55. The van der Waals surface area contributed by atoms with Gasteiger partial charge in [-0.3, -0.25) is 0 Å².